The van der Waals surface area contributed by atoms with Gasteiger partial charge in [-0.25, -0.2) is 4.79 Å². The SMILES string of the molecule is COC(=O)[C@]1([C@H]2OC(=O)C[C@H]2C)CC(=O)c2c(O)cccc2O1. The van der Waals surface area contributed by atoms with Crippen LogP contribution in [0.5, 0.6) is 11.5 Å². The third kappa shape index (κ3) is 2.23. The lowest BCUT2D eigenvalue weighted by Gasteiger charge is -2.39. The summed E-state index contributed by atoms with van der Waals surface area (Å²) in [5, 5.41) is 9.85. The number of ether oxygens (including phenoxy) is 3. The standard InChI is InChI=1S/C16H16O7/c1-8-6-12(19)22-14(8)16(15(20)21-2)7-10(18)13-9(17)4-3-5-11(13)23-16/h3-5,8,14,17H,6-7H2,1-2H3/t8-,14+,16-/m1/s1. The molecule has 23 heavy (non-hydrogen) atoms. The molecule has 2 aliphatic rings. The van der Waals surface area contributed by atoms with Crippen LogP contribution in [-0.2, 0) is 19.1 Å². The highest BCUT2D eigenvalue weighted by molar-refractivity contribution is 6.06. The molecule has 3 atom stereocenters. The van der Waals surface area contributed by atoms with Gasteiger partial charge < -0.3 is 19.3 Å². The van der Waals surface area contributed by atoms with E-state index in [9.17, 15) is 19.5 Å². The van der Waals surface area contributed by atoms with Crippen molar-refractivity contribution in [3.63, 3.8) is 0 Å². The maximum absolute atomic E-state index is 12.5. The van der Waals surface area contributed by atoms with Crippen molar-refractivity contribution in [2.24, 2.45) is 5.92 Å². The third-order valence-electron chi connectivity index (χ3n) is 4.25. The van der Waals surface area contributed by atoms with Gasteiger partial charge in [-0.2, -0.15) is 0 Å². The topological polar surface area (TPSA) is 99.1 Å². The maximum atomic E-state index is 12.5. The summed E-state index contributed by atoms with van der Waals surface area (Å²) in [5.41, 5.74) is -1.72. The van der Waals surface area contributed by atoms with Crippen LogP contribution in [0.2, 0.25) is 0 Å². The van der Waals surface area contributed by atoms with Crippen molar-refractivity contribution in [3.05, 3.63) is 23.8 Å². The molecule has 0 saturated carbocycles. The van der Waals surface area contributed by atoms with E-state index in [0.29, 0.717) is 0 Å². The second kappa shape index (κ2) is 5.26. The molecule has 0 amide bonds. The molecule has 1 aromatic carbocycles. The van der Waals surface area contributed by atoms with Crippen LogP contribution in [0.4, 0.5) is 0 Å². The van der Waals surface area contributed by atoms with E-state index in [2.05, 4.69) is 0 Å². The number of hydrogen-bond acceptors (Lipinski definition) is 7. The number of hydrogen-bond donors (Lipinski definition) is 1. The van der Waals surface area contributed by atoms with E-state index in [-0.39, 0.29) is 35.8 Å². The number of fused-ring (bicyclic) bond motifs is 1. The Hall–Kier alpha value is -2.57. The molecule has 0 spiro atoms. The molecule has 0 unspecified atom stereocenters. The predicted molar refractivity (Wildman–Crippen MR) is 76.1 cm³/mol. The van der Waals surface area contributed by atoms with Gasteiger partial charge in [0.2, 0.25) is 5.60 Å². The summed E-state index contributed by atoms with van der Waals surface area (Å²) in [6.07, 6.45) is -1.16. The summed E-state index contributed by atoms with van der Waals surface area (Å²) < 4.78 is 15.9. The predicted octanol–water partition coefficient (Wildman–Crippen LogP) is 1.22. The minimum absolute atomic E-state index is 0.0176. The highest BCUT2D eigenvalue weighted by Gasteiger charge is 2.60. The lowest BCUT2D eigenvalue weighted by molar-refractivity contribution is -0.177. The van der Waals surface area contributed by atoms with E-state index in [1.807, 2.05) is 0 Å². The van der Waals surface area contributed by atoms with E-state index in [1.165, 1.54) is 25.3 Å². The van der Waals surface area contributed by atoms with Gasteiger partial charge in [-0.05, 0) is 12.1 Å². The van der Waals surface area contributed by atoms with Crippen molar-refractivity contribution in [3.8, 4) is 11.5 Å². The molecule has 7 nitrogen and oxygen atoms in total. The Kier molecular flexibility index (Phi) is 3.50. The molecule has 1 fully saturated rings. The second-order valence-electron chi connectivity index (χ2n) is 5.83. The van der Waals surface area contributed by atoms with Crippen molar-refractivity contribution >= 4 is 17.7 Å². The maximum Gasteiger partial charge on any atom is 0.354 e. The Morgan fingerprint density at radius 1 is 1.39 bits per heavy atom. The zero-order valence-electron chi connectivity index (χ0n) is 12.7. The van der Waals surface area contributed by atoms with Crippen molar-refractivity contribution in [2.45, 2.75) is 31.5 Å². The van der Waals surface area contributed by atoms with Gasteiger partial charge in [0.05, 0.1) is 20.0 Å². The smallest absolute Gasteiger partial charge is 0.354 e. The summed E-state index contributed by atoms with van der Waals surface area (Å²) >= 11 is 0. The fourth-order valence-electron chi connectivity index (χ4n) is 3.24. The van der Waals surface area contributed by atoms with E-state index in [1.54, 1.807) is 6.92 Å². The van der Waals surface area contributed by atoms with E-state index < -0.39 is 29.4 Å². The summed E-state index contributed by atoms with van der Waals surface area (Å²) in [6, 6.07) is 4.34. The number of phenols is 1. The fraction of sp³-hybridized carbons (Fsp3) is 0.438. The number of rotatable bonds is 2. The molecular formula is C16H16O7. The molecule has 0 aliphatic carbocycles. The van der Waals surface area contributed by atoms with Crippen LogP contribution in [0.15, 0.2) is 18.2 Å². The largest absolute Gasteiger partial charge is 0.507 e. The molecule has 2 aliphatic heterocycles. The first-order valence-electron chi connectivity index (χ1n) is 7.21. The van der Waals surface area contributed by atoms with Crippen LogP contribution in [0.3, 0.4) is 0 Å². The van der Waals surface area contributed by atoms with Gasteiger partial charge in [-0.1, -0.05) is 13.0 Å². The number of aromatic hydroxyl groups is 1. The Morgan fingerprint density at radius 2 is 2.13 bits per heavy atom. The fourth-order valence-corrected chi connectivity index (χ4v) is 3.24. The van der Waals surface area contributed by atoms with Gasteiger partial charge >= 0.3 is 11.9 Å². The quantitative estimate of drug-likeness (QED) is 0.818. The average Bonchev–Trinajstić information content (AvgIpc) is 2.85. The van der Waals surface area contributed by atoms with Crippen molar-refractivity contribution in [2.75, 3.05) is 7.11 Å². The van der Waals surface area contributed by atoms with Crippen LogP contribution in [0.25, 0.3) is 0 Å². The van der Waals surface area contributed by atoms with Crippen molar-refractivity contribution in [1.29, 1.82) is 0 Å². The molecule has 0 radical (unpaired) electrons. The van der Waals surface area contributed by atoms with Gasteiger partial charge in [0.25, 0.3) is 0 Å². The summed E-state index contributed by atoms with van der Waals surface area (Å²) in [4.78, 5) is 36.5. The first-order chi connectivity index (χ1) is 10.9. The van der Waals surface area contributed by atoms with Gasteiger partial charge in [-0.15, -0.1) is 0 Å². The number of carbonyl (C=O) groups excluding carboxylic acids is 3. The number of esters is 2. The molecule has 0 bridgehead atoms. The Bertz CT molecular complexity index is 696. The molecule has 1 aromatic rings. The van der Waals surface area contributed by atoms with Crippen LogP contribution >= 0.6 is 0 Å². The van der Waals surface area contributed by atoms with Gasteiger partial charge in [0.15, 0.2) is 11.9 Å². The number of methoxy groups -OCH3 is 1. The third-order valence-corrected chi connectivity index (χ3v) is 4.25. The monoisotopic (exact) mass is 320 g/mol. The van der Waals surface area contributed by atoms with Crippen LogP contribution in [-0.4, -0.2) is 41.6 Å². The van der Waals surface area contributed by atoms with Gasteiger partial charge in [-0.3, -0.25) is 9.59 Å². The number of phenolic OH excluding ortho intramolecular Hbond substituents is 1. The highest BCUT2D eigenvalue weighted by Crippen LogP contribution is 2.44. The molecule has 7 heteroatoms. The second-order valence-corrected chi connectivity index (χ2v) is 5.83. The lowest BCUT2D eigenvalue weighted by atomic mass is 9.80. The number of Topliss-reactive ketones (excluding diaryl/α,β-unsaturated/α-hetero) is 1. The van der Waals surface area contributed by atoms with E-state index in [4.69, 9.17) is 14.2 Å². The molecule has 2 heterocycles. The normalized spacial score (nSPS) is 29.5. The lowest BCUT2D eigenvalue weighted by Crippen LogP contribution is -2.59. The first-order valence-corrected chi connectivity index (χ1v) is 7.21. The Labute approximate surface area is 132 Å². The molecule has 122 valence electrons. The molecule has 1 saturated heterocycles. The van der Waals surface area contributed by atoms with Crippen LogP contribution in [0, 0.1) is 5.92 Å². The zero-order valence-corrected chi connectivity index (χ0v) is 12.7. The summed E-state index contributed by atoms with van der Waals surface area (Å²) in [7, 11) is 1.18. The minimum Gasteiger partial charge on any atom is -0.507 e. The number of carbonyl (C=O) groups is 3. The number of ketones is 1. The number of benzene rings is 1. The van der Waals surface area contributed by atoms with Crippen LogP contribution in [0.1, 0.15) is 30.1 Å². The summed E-state index contributed by atoms with van der Waals surface area (Å²) in [6.45, 7) is 1.74. The van der Waals surface area contributed by atoms with E-state index in [0.717, 1.165) is 0 Å². The van der Waals surface area contributed by atoms with Crippen molar-refractivity contribution in [1.82, 2.24) is 0 Å². The van der Waals surface area contributed by atoms with Gasteiger partial charge in [0.1, 0.15) is 17.1 Å². The zero-order chi connectivity index (χ0) is 16.8. The average molecular weight is 320 g/mol. The molecule has 3 rings (SSSR count). The summed E-state index contributed by atoms with van der Waals surface area (Å²) in [5.74, 6) is -2.17. The Balaban J connectivity index is 2.10. The van der Waals surface area contributed by atoms with E-state index >= 15 is 0 Å². The Morgan fingerprint density at radius 3 is 2.74 bits per heavy atom. The highest BCUT2D eigenvalue weighted by atomic mass is 16.6. The number of cyclic esters (lactones) is 1. The van der Waals surface area contributed by atoms with Crippen LogP contribution < -0.4 is 4.74 Å². The van der Waals surface area contributed by atoms with Gasteiger partial charge in [0, 0.05) is 5.92 Å². The first kappa shape index (κ1) is 15.3. The molecular weight excluding hydrogens is 304 g/mol. The minimum atomic E-state index is -1.74. The molecule has 1 N–H and O–H groups in total. The van der Waals surface area contributed by atoms with Crippen molar-refractivity contribution < 1.29 is 33.7 Å². The molecule has 0 aromatic heterocycles.